The van der Waals surface area contributed by atoms with Crippen LogP contribution < -0.4 is 4.72 Å². The second-order valence-electron chi connectivity index (χ2n) is 7.50. The van der Waals surface area contributed by atoms with Crippen molar-refractivity contribution in [2.75, 3.05) is 0 Å². The lowest BCUT2D eigenvalue weighted by molar-refractivity contribution is -0.140. The van der Waals surface area contributed by atoms with Crippen molar-refractivity contribution in [3.63, 3.8) is 0 Å². The van der Waals surface area contributed by atoms with Crippen molar-refractivity contribution in [1.29, 1.82) is 0 Å². The zero-order valence-electron chi connectivity index (χ0n) is 16.1. The third kappa shape index (κ3) is 4.45. The Kier molecular flexibility index (Phi) is 6.20. The highest BCUT2D eigenvalue weighted by molar-refractivity contribution is 7.89. The summed E-state index contributed by atoms with van der Waals surface area (Å²) in [6.45, 7) is 2.17. The highest BCUT2D eigenvalue weighted by atomic mass is 32.2. The molecule has 0 saturated heterocycles. The van der Waals surface area contributed by atoms with E-state index in [-0.39, 0.29) is 17.2 Å². The first kappa shape index (κ1) is 20.6. The van der Waals surface area contributed by atoms with Crippen LogP contribution in [0.2, 0.25) is 0 Å². The van der Waals surface area contributed by atoms with Gasteiger partial charge in [-0.3, -0.25) is 4.79 Å². The van der Waals surface area contributed by atoms with Crippen LogP contribution in [0.4, 0.5) is 0 Å². The molecule has 2 atom stereocenters. The number of carboxylic acid groups (broad SMARTS) is 1. The molecule has 28 heavy (non-hydrogen) atoms. The molecule has 150 valence electrons. The third-order valence-corrected chi connectivity index (χ3v) is 6.94. The van der Waals surface area contributed by atoms with Crippen LogP contribution in [0.1, 0.15) is 56.1 Å². The molecular formula is C22H27NO4S. The molecule has 0 bridgehead atoms. The summed E-state index contributed by atoms with van der Waals surface area (Å²) in [6, 6.07) is 15.9. The number of nitrogens with one attached hydrogen (secondary N) is 1. The smallest absolute Gasteiger partial charge is 0.325 e. The topological polar surface area (TPSA) is 83.5 Å². The maximum Gasteiger partial charge on any atom is 0.325 e. The van der Waals surface area contributed by atoms with Crippen LogP contribution in [0.15, 0.2) is 59.5 Å². The molecule has 0 radical (unpaired) electrons. The molecule has 0 aliphatic heterocycles. The SMILES string of the molecule is CCCCCCc1ccc(S(=O)(=O)NC2(C(=O)O)CC2c2ccccc2)cc1. The minimum Gasteiger partial charge on any atom is -0.480 e. The van der Waals surface area contributed by atoms with Gasteiger partial charge in [-0.1, -0.05) is 68.7 Å². The second-order valence-corrected chi connectivity index (χ2v) is 9.19. The number of aliphatic carboxylic acids is 1. The zero-order chi connectivity index (χ0) is 20.2. The number of aryl methyl sites for hydroxylation is 1. The van der Waals surface area contributed by atoms with E-state index in [2.05, 4.69) is 11.6 Å². The molecule has 1 saturated carbocycles. The fraction of sp³-hybridized carbons (Fsp3) is 0.409. The molecule has 0 heterocycles. The highest BCUT2D eigenvalue weighted by Gasteiger charge is 2.63. The largest absolute Gasteiger partial charge is 0.480 e. The summed E-state index contributed by atoms with van der Waals surface area (Å²) in [5, 5.41) is 9.70. The van der Waals surface area contributed by atoms with Crippen LogP contribution in [0, 0.1) is 0 Å². The summed E-state index contributed by atoms with van der Waals surface area (Å²) in [6.07, 6.45) is 5.80. The zero-order valence-corrected chi connectivity index (χ0v) is 16.9. The molecule has 1 aliphatic carbocycles. The van der Waals surface area contributed by atoms with Gasteiger partial charge in [0.1, 0.15) is 5.54 Å². The van der Waals surface area contributed by atoms with Gasteiger partial charge in [0.25, 0.3) is 0 Å². The Morgan fingerprint density at radius 2 is 1.75 bits per heavy atom. The minimum absolute atomic E-state index is 0.101. The molecule has 6 heteroatoms. The van der Waals surface area contributed by atoms with Crippen LogP contribution in [0.25, 0.3) is 0 Å². The van der Waals surface area contributed by atoms with Crippen molar-refractivity contribution in [2.24, 2.45) is 0 Å². The third-order valence-electron chi connectivity index (χ3n) is 5.41. The summed E-state index contributed by atoms with van der Waals surface area (Å²) < 4.78 is 28.1. The summed E-state index contributed by atoms with van der Waals surface area (Å²) in [7, 11) is -3.92. The summed E-state index contributed by atoms with van der Waals surface area (Å²) >= 11 is 0. The normalized spacial score (nSPS) is 21.4. The van der Waals surface area contributed by atoms with E-state index in [0.29, 0.717) is 0 Å². The second kappa shape index (κ2) is 8.45. The lowest BCUT2D eigenvalue weighted by Gasteiger charge is -2.16. The van der Waals surface area contributed by atoms with Gasteiger partial charge in [-0.15, -0.1) is 0 Å². The van der Waals surface area contributed by atoms with E-state index in [1.165, 1.54) is 19.3 Å². The van der Waals surface area contributed by atoms with Gasteiger partial charge in [0.2, 0.25) is 10.0 Å². The summed E-state index contributed by atoms with van der Waals surface area (Å²) in [5.41, 5.74) is 0.450. The van der Waals surface area contributed by atoms with Gasteiger partial charge in [-0.25, -0.2) is 8.42 Å². The number of carboxylic acids is 1. The van der Waals surface area contributed by atoms with Crippen molar-refractivity contribution in [1.82, 2.24) is 4.72 Å². The maximum absolute atomic E-state index is 12.8. The lowest BCUT2D eigenvalue weighted by Crippen LogP contribution is -2.44. The Morgan fingerprint density at radius 1 is 1.07 bits per heavy atom. The molecule has 2 N–H and O–H groups in total. The Bertz CT molecular complexity index is 909. The fourth-order valence-electron chi connectivity index (χ4n) is 3.63. The predicted molar refractivity (Wildman–Crippen MR) is 109 cm³/mol. The number of benzene rings is 2. The Labute approximate surface area is 166 Å². The van der Waals surface area contributed by atoms with Crippen molar-refractivity contribution in [3.8, 4) is 0 Å². The molecule has 0 amide bonds. The first-order chi connectivity index (χ1) is 13.4. The van der Waals surface area contributed by atoms with Gasteiger partial charge in [0.15, 0.2) is 0 Å². The number of carbonyl (C=O) groups is 1. The average molecular weight is 402 g/mol. The van der Waals surface area contributed by atoms with E-state index >= 15 is 0 Å². The number of unbranched alkanes of at least 4 members (excludes halogenated alkanes) is 3. The molecule has 3 rings (SSSR count). The Morgan fingerprint density at radius 3 is 2.36 bits per heavy atom. The number of hydrogen-bond donors (Lipinski definition) is 2. The Hall–Kier alpha value is -2.18. The van der Waals surface area contributed by atoms with Crippen LogP contribution in [0.5, 0.6) is 0 Å². The van der Waals surface area contributed by atoms with Crippen LogP contribution in [-0.4, -0.2) is 25.0 Å². The van der Waals surface area contributed by atoms with E-state index in [9.17, 15) is 18.3 Å². The van der Waals surface area contributed by atoms with Crippen molar-refractivity contribution in [3.05, 3.63) is 65.7 Å². The molecule has 2 aromatic carbocycles. The predicted octanol–water partition coefficient (Wildman–Crippen LogP) is 4.10. The van der Waals surface area contributed by atoms with Gasteiger partial charge >= 0.3 is 5.97 Å². The van der Waals surface area contributed by atoms with Crippen molar-refractivity contribution >= 4 is 16.0 Å². The molecular weight excluding hydrogens is 374 g/mol. The van der Waals surface area contributed by atoms with E-state index < -0.39 is 21.5 Å². The van der Waals surface area contributed by atoms with Gasteiger partial charge in [-0.2, -0.15) is 4.72 Å². The van der Waals surface area contributed by atoms with Gasteiger partial charge in [0.05, 0.1) is 4.90 Å². The first-order valence-corrected chi connectivity index (χ1v) is 11.3. The quantitative estimate of drug-likeness (QED) is 0.587. The van der Waals surface area contributed by atoms with Crippen molar-refractivity contribution in [2.45, 2.75) is 61.8 Å². The van der Waals surface area contributed by atoms with E-state index in [1.54, 1.807) is 12.1 Å². The van der Waals surface area contributed by atoms with Crippen LogP contribution >= 0.6 is 0 Å². The number of sulfonamides is 1. The monoisotopic (exact) mass is 401 g/mol. The van der Waals surface area contributed by atoms with E-state index in [0.717, 1.165) is 24.0 Å². The molecule has 0 spiro atoms. The lowest BCUT2D eigenvalue weighted by atomic mass is 10.1. The van der Waals surface area contributed by atoms with Crippen molar-refractivity contribution < 1.29 is 18.3 Å². The average Bonchev–Trinajstić information content (AvgIpc) is 3.41. The molecule has 1 fully saturated rings. The molecule has 1 aliphatic rings. The molecule has 2 aromatic rings. The fourth-order valence-corrected chi connectivity index (χ4v) is 5.04. The Balaban J connectivity index is 1.71. The standard InChI is InChI=1S/C22H27NO4S/c1-2-3-4-6-9-17-12-14-19(15-13-17)28(26,27)23-22(21(24)25)16-20(22)18-10-7-5-8-11-18/h5,7-8,10-15,20,23H,2-4,6,9,16H2,1H3,(H,24,25). The first-order valence-electron chi connectivity index (χ1n) is 9.80. The van der Waals surface area contributed by atoms with Crippen LogP contribution in [0.3, 0.4) is 0 Å². The van der Waals surface area contributed by atoms with Gasteiger partial charge < -0.3 is 5.11 Å². The molecule has 2 unspecified atom stereocenters. The van der Waals surface area contributed by atoms with E-state index in [1.807, 2.05) is 42.5 Å². The maximum atomic E-state index is 12.8. The van der Waals surface area contributed by atoms with Gasteiger partial charge in [0, 0.05) is 5.92 Å². The van der Waals surface area contributed by atoms with Crippen LogP contribution in [-0.2, 0) is 21.2 Å². The number of hydrogen-bond acceptors (Lipinski definition) is 3. The number of rotatable bonds is 10. The van der Waals surface area contributed by atoms with E-state index in [4.69, 9.17) is 0 Å². The highest BCUT2D eigenvalue weighted by Crippen LogP contribution is 2.52. The molecule has 5 nitrogen and oxygen atoms in total. The minimum atomic E-state index is -3.92. The summed E-state index contributed by atoms with van der Waals surface area (Å²) in [4.78, 5) is 12.0. The summed E-state index contributed by atoms with van der Waals surface area (Å²) in [5.74, 6) is -1.50. The van der Waals surface area contributed by atoms with Gasteiger partial charge in [-0.05, 0) is 42.5 Å². The molecule has 0 aromatic heterocycles.